The van der Waals surface area contributed by atoms with Gasteiger partial charge in [0.05, 0.1) is 11.0 Å². The van der Waals surface area contributed by atoms with Crippen LogP contribution in [0.3, 0.4) is 0 Å². The van der Waals surface area contributed by atoms with Crippen LogP contribution in [0.5, 0.6) is 0 Å². The van der Waals surface area contributed by atoms with Crippen molar-refractivity contribution in [1.82, 2.24) is 9.97 Å². The molecule has 0 aliphatic rings. The van der Waals surface area contributed by atoms with E-state index in [1.165, 1.54) is 6.92 Å². The van der Waals surface area contributed by atoms with Gasteiger partial charge in [0.1, 0.15) is 5.82 Å². The molecule has 0 atom stereocenters. The molecule has 0 radical (unpaired) electrons. The van der Waals surface area contributed by atoms with E-state index in [9.17, 15) is 9.59 Å². The summed E-state index contributed by atoms with van der Waals surface area (Å²) >= 11 is 3.39. The second kappa shape index (κ2) is 9.14. The van der Waals surface area contributed by atoms with E-state index < -0.39 is 0 Å². The van der Waals surface area contributed by atoms with Crippen molar-refractivity contribution in [3.8, 4) is 0 Å². The van der Waals surface area contributed by atoms with Crippen LogP contribution in [0.25, 0.3) is 11.0 Å². The molecule has 7 heteroatoms. The number of benzene rings is 3. The lowest BCUT2D eigenvalue weighted by Gasteiger charge is -2.05. The number of nitrogens with one attached hydrogen (secondary N) is 3. The third-order valence-electron chi connectivity index (χ3n) is 4.82. The molecule has 0 aliphatic carbocycles. The Balaban J connectivity index is 1.41. The average Bonchev–Trinajstić information content (AvgIpc) is 3.16. The minimum Gasteiger partial charge on any atom is -0.342 e. The van der Waals surface area contributed by atoms with Gasteiger partial charge in [0.15, 0.2) is 0 Å². The first-order valence-electron chi connectivity index (χ1n) is 9.88. The van der Waals surface area contributed by atoms with Gasteiger partial charge in [-0.15, -0.1) is 0 Å². The van der Waals surface area contributed by atoms with Crippen LogP contribution >= 0.6 is 15.9 Å². The average molecular weight is 477 g/mol. The predicted molar refractivity (Wildman–Crippen MR) is 126 cm³/mol. The van der Waals surface area contributed by atoms with Gasteiger partial charge in [-0.2, -0.15) is 0 Å². The lowest BCUT2D eigenvalue weighted by atomic mass is 10.1. The molecule has 0 aliphatic heterocycles. The molecule has 3 aromatic carbocycles. The first-order chi connectivity index (χ1) is 15.0. The third-order valence-corrected chi connectivity index (χ3v) is 5.35. The zero-order valence-corrected chi connectivity index (χ0v) is 18.5. The summed E-state index contributed by atoms with van der Waals surface area (Å²) in [4.78, 5) is 31.6. The van der Waals surface area contributed by atoms with Crippen molar-refractivity contribution < 1.29 is 9.59 Å². The number of aryl methyl sites for hydroxylation is 2. The molecule has 0 unspecified atom stereocenters. The number of imidazole rings is 1. The molecule has 0 fully saturated rings. The fourth-order valence-electron chi connectivity index (χ4n) is 3.28. The van der Waals surface area contributed by atoms with Gasteiger partial charge >= 0.3 is 0 Å². The zero-order valence-electron chi connectivity index (χ0n) is 16.9. The summed E-state index contributed by atoms with van der Waals surface area (Å²) in [5, 5.41) is 5.66. The number of carbonyl (C=O) groups excluding carboxylic acids is 2. The Labute approximate surface area is 188 Å². The quantitative estimate of drug-likeness (QED) is 0.351. The number of fused-ring (bicyclic) bond motifs is 1. The van der Waals surface area contributed by atoms with Gasteiger partial charge in [-0.3, -0.25) is 9.59 Å². The molecule has 156 valence electrons. The molecule has 0 saturated carbocycles. The van der Waals surface area contributed by atoms with Crippen LogP contribution in [-0.2, 0) is 17.6 Å². The van der Waals surface area contributed by atoms with Gasteiger partial charge in [0, 0.05) is 34.8 Å². The van der Waals surface area contributed by atoms with E-state index in [1.807, 2.05) is 60.7 Å². The maximum atomic E-state index is 12.6. The number of aromatic nitrogens is 2. The molecule has 1 heterocycles. The summed E-state index contributed by atoms with van der Waals surface area (Å²) in [6.45, 7) is 1.49. The third kappa shape index (κ3) is 5.38. The SMILES string of the molecule is CC(=O)Nc1ccc(CCc2nc3ccc(C(=O)Nc4ccc(Br)cc4)cc3[nH]2)cc1. The second-order valence-corrected chi connectivity index (χ2v) is 8.17. The molecule has 4 aromatic rings. The molecular weight excluding hydrogens is 456 g/mol. The van der Waals surface area contributed by atoms with E-state index in [0.717, 1.165) is 51.1 Å². The molecule has 4 rings (SSSR count). The van der Waals surface area contributed by atoms with Gasteiger partial charge in [0.25, 0.3) is 5.91 Å². The second-order valence-electron chi connectivity index (χ2n) is 7.25. The molecule has 3 N–H and O–H groups in total. The Bertz CT molecular complexity index is 1230. The monoisotopic (exact) mass is 476 g/mol. The topological polar surface area (TPSA) is 86.9 Å². The van der Waals surface area contributed by atoms with Crippen molar-refractivity contribution in [1.29, 1.82) is 0 Å². The number of amides is 2. The fourth-order valence-corrected chi connectivity index (χ4v) is 3.54. The number of nitrogens with zero attached hydrogens (tertiary/aromatic N) is 1. The zero-order chi connectivity index (χ0) is 21.8. The molecule has 6 nitrogen and oxygen atoms in total. The van der Waals surface area contributed by atoms with Crippen molar-refractivity contribution in [3.05, 3.63) is 88.2 Å². The number of anilines is 2. The van der Waals surface area contributed by atoms with Crippen molar-refractivity contribution >= 4 is 50.2 Å². The van der Waals surface area contributed by atoms with Crippen molar-refractivity contribution in [2.45, 2.75) is 19.8 Å². The van der Waals surface area contributed by atoms with Crippen molar-refractivity contribution in [2.24, 2.45) is 0 Å². The summed E-state index contributed by atoms with van der Waals surface area (Å²) < 4.78 is 0.959. The van der Waals surface area contributed by atoms with Crippen LogP contribution in [0.15, 0.2) is 71.2 Å². The van der Waals surface area contributed by atoms with Gasteiger partial charge in [0.2, 0.25) is 5.91 Å². The van der Waals surface area contributed by atoms with Gasteiger partial charge in [-0.1, -0.05) is 28.1 Å². The summed E-state index contributed by atoms with van der Waals surface area (Å²) in [6.07, 6.45) is 1.56. The number of aromatic amines is 1. The number of H-pyrrole nitrogens is 1. The number of hydrogen-bond acceptors (Lipinski definition) is 3. The van der Waals surface area contributed by atoms with Crippen LogP contribution in [0.4, 0.5) is 11.4 Å². The molecule has 0 bridgehead atoms. The highest BCUT2D eigenvalue weighted by molar-refractivity contribution is 9.10. The van der Waals surface area contributed by atoms with Gasteiger partial charge in [-0.05, 0) is 66.6 Å². The number of hydrogen-bond donors (Lipinski definition) is 3. The molecule has 31 heavy (non-hydrogen) atoms. The highest BCUT2D eigenvalue weighted by Gasteiger charge is 2.10. The first-order valence-corrected chi connectivity index (χ1v) is 10.7. The standard InChI is InChI=1S/C24H21BrN4O2/c1-15(30)26-19-8-2-16(3-9-19)4-13-23-28-21-12-5-17(14-22(21)29-23)24(31)27-20-10-6-18(25)7-11-20/h2-3,5-12,14H,4,13H2,1H3,(H,26,30)(H,27,31)(H,28,29). The molecule has 2 amide bonds. The van der Waals surface area contributed by atoms with E-state index >= 15 is 0 Å². The Morgan fingerprint density at radius 2 is 1.58 bits per heavy atom. The number of halogens is 1. The van der Waals surface area contributed by atoms with Crippen LogP contribution in [0.1, 0.15) is 28.7 Å². The van der Waals surface area contributed by atoms with E-state index in [2.05, 4.69) is 36.5 Å². The Hall–Kier alpha value is -3.45. The number of rotatable bonds is 6. The van der Waals surface area contributed by atoms with Crippen LogP contribution in [0, 0.1) is 0 Å². The maximum Gasteiger partial charge on any atom is 0.255 e. The minimum atomic E-state index is -0.167. The summed E-state index contributed by atoms with van der Waals surface area (Å²) in [5.41, 5.74) is 4.91. The molecule has 1 aromatic heterocycles. The van der Waals surface area contributed by atoms with Gasteiger partial charge < -0.3 is 15.6 Å². The summed E-state index contributed by atoms with van der Waals surface area (Å²) in [5.74, 6) is 0.617. The van der Waals surface area contributed by atoms with E-state index in [-0.39, 0.29) is 11.8 Å². The highest BCUT2D eigenvalue weighted by atomic mass is 79.9. The highest BCUT2D eigenvalue weighted by Crippen LogP contribution is 2.18. The molecule has 0 spiro atoms. The van der Waals surface area contributed by atoms with Crippen molar-refractivity contribution in [2.75, 3.05) is 10.6 Å². The fraction of sp³-hybridized carbons (Fsp3) is 0.125. The van der Waals surface area contributed by atoms with Crippen LogP contribution in [-0.4, -0.2) is 21.8 Å². The predicted octanol–water partition coefficient (Wildman–Crippen LogP) is 5.32. The van der Waals surface area contributed by atoms with Crippen molar-refractivity contribution in [3.63, 3.8) is 0 Å². The summed E-state index contributed by atoms with van der Waals surface area (Å²) in [6, 6.07) is 20.7. The van der Waals surface area contributed by atoms with Crippen LogP contribution < -0.4 is 10.6 Å². The Morgan fingerprint density at radius 3 is 2.29 bits per heavy atom. The first kappa shape index (κ1) is 20.8. The number of carbonyl (C=O) groups is 2. The lowest BCUT2D eigenvalue weighted by molar-refractivity contribution is -0.114. The Kier molecular flexibility index (Phi) is 6.13. The minimum absolute atomic E-state index is 0.0834. The summed E-state index contributed by atoms with van der Waals surface area (Å²) in [7, 11) is 0. The normalized spacial score (nSPS) is 10.8. The van der Waals surface area contributed by atoms with E-state index in [1.54, 1.807) is 6.07 Å². The lowest BCUT2D eigenvalue weighted by Crippen LogP contribution is -2.11. The molecular formula is C24H21BrN4O2. The smallest absolute Gasteiger partial charge is 0.255 e. The van der Waals surface area contributed by atoms with E-state index in [0.29, 0.717) is 5.56 Å². The molecule has 0 saturated heterocycles. The Morgan fingerprint density at radius 1 is 0.903 bits per heavy atom. The van der Waals surface area contributed by atoms with Crippen LogP contribution in [0.2, 0.25) is 0 Å². The maximum absolute atomic E-state index is 12.6. The van der Waals surface area contributed by atoms with Gasteiger partial charge in [-0.25, -0.2) is 4.98 Å². The largest absolute Gasteiger partial charge is 0.342 e. The van der Waals surface area contributed by atoms with E-state index in [4.69, 9.17) is 0 Å².